The topological polar surface area (TPSA) is 84.5 Å². The average molecular weight is 296 g/mol. The smallest absolute Gasteiger partial charge is 0.249 e. The maximum Gasteiger partial charge on any atom is 0.249 e. The Kier molecular flexibility index (Phi) is 4.39. The van der Waals surface area contributed by atoms with Crippen LogP contribution in [0, 0.1) is 6.92 Å². The van der Waals surface area contributed by atoms with Crippen molar-refractivity contribution in [2.45, 2.75) is 32.2 Å². The minimum Gasteiger partial charge on any atom is -0.487 e. The molecule has 1 atom stereocenters. The summed E-state index contributed by atoms with van der Waals surface area (Å²) in [6.07, 6.45) is 0.749. The van der Waals surface area contributed by atoms with Crippen molar-refractivity contribution in [1.29, 1.82) is 0 Å². The number of ether oxygens (including phenoxy) is 1. The zero-order valence-corrected chi connectivity index (χ0v) is 12.1. The van der Waals surface area contributed by atoms with Crippen LogP contribution in [0.3, 0.4) is 0 Å². The largest absolute Gasteiger partial charge is 0.487 e. The molecule has 0 aromatic carbocycles. The molecule has 0 radical (unpaired) electrons. The number of carbonyl (C=O) groups is 3. The molecule has 1 aromatic rings. The van der Waals surface area contributed by atoms with Crippen molar-refractivity contribution < 1.29 is 19.1 Å². The first-order chi connectivity index (χ1) is 9.49. The molecule has 1 aromatic heterocycles. The molecule has 3 amide bonds. The van der Waals surface area contributed by atoms with E-state index in [1.807, 2.05) is 13.0 Å². The molecule has 7 heteroatoms. The van der Waals surface area contributed by atoms with E-state index in [-0.39, 0.29) is 24.7 Å². The van der Waals surface area contributed by atoms with Crippen LogP contribution in [0.1, 0.15) is 23.3 Å². The van der Waals surface area contributed by atoms with E-state index in [0.717, 1.165) is 10.4 Å². The zero-order valence-electron chi connectivity index (χ0n) is 11.3. The molecule has 0 saturated carbocycles. The number of amides is 3. The number of hydrogen-bond acceptors (Lipinski definition) is 5. The van der Waals surface area contributed by atoms with Crippen LogP contribution in [-0.2, 0) is 20.8 Å². The fourth-order valence-electron chi connectivity index (χ4n) is 2.09. The second-order valence-corrected chi connectivity index (χ2v) is 5.84. The van der Waals surface area contributed by atoms with E-state index >= 15 is 0 Å². The molecule has 1 aliphatic heterocycles. The lowest BCUT2D eigenvalue weighted by atomic mass is 10.1. The Morgan fingerprint density at radius 2 is 2.30 bits per heavy atom. The minimum absolute atomic E-state index is 0.158. The van der Waals surface area contributed by atoms with Gasteiger partial charge in [0.15, 0.2) is 5.06 Å². The molecule has 0 bridgehead atoms. The fourth-order valence-corrected chi connectivity index (χ4v) is 2.93. The summed E-state index contributed by atoms with van der Waals surface area (Å²) in [6, 6.07) is 1.26. The lowest BCUT2D eigenvalue weighted by Gasteiger charge is -2.21. The summed E-state index contributed by atoms with van der Waals surface area (Å²) in [6.45, 7) is 1.94. The Labute approximate surface area is 120 Å². The summed E-state index contributed by atoms with van der Waals surface area (Å²) in [7, 11) is 1.56. The number of imide groups is 1. The molecule has 2 N–H and O–H groups in total. The van der Waals surface area contributed by atoms with Gasteiger partial charge in [-0.25, -0.2) is 0 Å². The normalized spacial score (nSPS) is 18.6. The molecular weight excluding hydrogens is 280 g/mol. The third-order valence-electron chi connectivity index (χ3n) is 3.00. The Hall–Kier alpha value is -1.89. The Morgan fingerprint density at radius 3 is 2.95 bits per heavy atom. The molecule has 2 heterocycles. The van der Waals surface area contributed by atoms with Crippen molar-refractivity contribution >= 4 is 29.1 Å². The summed E-state index contributed by atoms with van der Waals surface area (Å²) >= 11 is 1.48. The summed E-state index contributed by atoms with van der Waals surface area (Å²) in [4.78, 5) is 35.6. The van der Waals surface area contributed by atoms with Gasteiger partial charge in [-0.15, -0.1) is 11.3 Å². The number of carbonyl (C=O) groups excluding carboxylic acids is 3. The van der Waals surface area contributed by atoms with Crippen LogP contribution in [0.4, 0.5) is 0 Å². The van der Waals surface area contributed by atoms with Gasteiger partial charge in [-0.1, -0.05) is 0 Å². The van der Waals surface area contributed by atoms with Crippen molar-refractivity contribution in [1.82, 2.24) is 10.6 Å². The molecule has 6 nitrogen and oxygen atoms in total. The zero-order chi connectivity index (χ0) is 14.7. The van der Waals surface area contributed by atoms with Crippen LogP contribution < -0.4 is 15.4 Å². The first-order valence-electron chi connectivity index (χ1n) is 6.26. The summed E-state index contributed by atoms with van der Waals surface area (Å²) < 4.78 is 5.21. The van der Waals surface area contributed by atoms with E-state index in [4.69, 9.17) is 4.74 Å². The Bertz CT molecular complexity index is 553. The Balaban J connectivity index is 1.95. The van der Waals surface area contributed by atoms with Crippen LogP contribution in [-0.4, -0.2) is 30.9 Å². The van der Waals surface area contributed by atoms with Crippen LogP contribution in [0.2, 0.25) is 0 Å². The third-order valence-corrected chi connectivity index (χ3v) is 4.06. The number of aryl methyl sites for hydroxylation is 1. The molecule has 1 unspecified atom stereocenters. The highest BCUT2D eigenvalue weighted by Gasteiger charge is 2.28. The molecule has 2 rings (SSSR count). The van der Waals surface area contributed by atoms with Gasteiger partial charge in [-0.3, -0.25) is 19.7 Å². The number of piperidine rings is 1. The first kappa shape index (κ1) is 14.5. The monoisotopic (exact) mass is 296 g/mol. The van der Waals surface area contributed by atoms with Crippen molar-refractivity contribution in [3.8, 4) is 5.06 Å². The molecular formula is C13H16N2O4S. The maximum absolute atomic E-state index is 12.0. The average Bonchev–Trinajstić information content (AvgIpc) is 2.73. The fraction of sp³-hybridized carbons (Fsp3) is 0.462. The van der Waals surface area contributed by atoms with E-state index < -0.39 is 11.9 Å². The standard InChI is InChI=1S/C13H16N2O4S/c1-7-5-8(13(19-2)20-7)6-11(17)14-9-3-4-10(16)15-12(9)18/h5,9H,3-4,6H2,1-2H3,(H,14,17)(H,15,16,18). The molecule has 1 saturated heterocycles. The quantitative estimate of drug-likeness (QED) is 0.794. The number of nitrogens with one attached hydrogen (secondary N) is 2. The van der Waals surface area contributed by atoms with Crippen molar-refractivity contribution in [2.75, 3.05) is 7.11 Å². The van der Waals surface area contributed by atoms with Crippen molar-refractivity contribution in [3.05, 3.63) is 16.5 Å². The van der Waals surface area contributed by atoms with Gasteiger partial charge in [0.2, 0.25) is 17.7 Å². The predicted octanol–water partition coefficient (Wildman–Crippen LogP) is 0.529. The van der Waals surface area contributed by atoms with Crippen LogP contribution in [0.5, 0.6) is 5.06 Å². The highest BCUT2D eigenvalue weighted by atomic mass is 32.1. The van der Waals surface area contributed by atoms with Gasteiger partial charge in [0.05, 0.1) is 13.5 Å². The SMILES string of the molecule is COc1sc(C)cc1CC(=O)NC1CCC(=O)NC1=O. The van der Waals surface area contributed by atoms with Crippen LogP contribution in [0.15, 0.2) is 6.07 Å². The molecule has 1 aliphatic rings. The van der Waals surface area contributed by atoms with E-state index in [1.165, 1.54) is 11.3 Å². The molecule has 20 heavy (non-hydrogen) atoms. The lowest BCUT2D eigenvalue weighted by molar-refractivity contribution is -0.137. The van der Waals surface area contributed by atoms with Crippen molar-refractivity contribution in [2.24, 2.45) is 0 Å². The number of thiophene rings is 1. The number of methoxy groups -OCH3 is 1. The molecule has 0 spiro atoms. The van der Waals surface area contributed by atoms with E-state index in [9.17, 15) is 14.4 Å². The molecule has 108 valence electrons. The summed E-state index contributed by atoms with van der Waals surface area (Å²) in [5, 5.41) is 5.56. The number of hydrogen-bond donors (Lipinski definition) is 2. The van der Waals surface area contributed by atoms with Gasteiger partial charge >= 0.3 is 0 Å². The first-order valence-corrected chi connectivity index (χ1v) is 7.07. The highest BCUT2D eigenvalue weighted by Crippen LogP contribution is 2.30. The minimum atomic E-state index is -0.633. The van der Waals surface area contributed by atoms with Crippen LogP contribution >= 0.6 is 11.3 Å². The van der Waals surface area contributed by atoms with E-state index in [0.29, 0.717) is 11.5 Å². The third kappa shape index (κ3) is 3.36. The van der Waals surface area contributed by atoms with Crippen molar-refractivity contribution in [3.63, 3.8) is 0 Å². The second kappa shape index (κ2) is 6.04. The Morgan fingerprint density at radius 1 is 1.55 bits per heavy atom. The van der Waals surface area contributed by atoms with Gasteiger partial charge in [0, 0.05) is 16.9 Å². The van der Waals surface area contributed by atoms with Gasteiger partial charge in [-0.05, 0) is 19.4 Å². The summed E-state index contributed by atoms with van der Waals surface area (Å²) in [5.74, 6) is -0.991. The maximum atomic E-state index is 12.0. The predicted molar refractivity (Wildman–Crippen MR) is 73.6 cm³/mol. The van der Waals surface area contributed by atoms with Gasteiger partial charge in [-0.2, -0.15) is 0 Å². The van der Waals surface area contributed by atoms with Crippen LogP contribution in [0.25, 0.3) is 0 Å². The lowest BCUT2D eigenvalue weighted by Crippen LogP contribution is -2.52. The van der Waals surface area contributed by atoms with Gasteiger partial charge in [0.25, 0.3) is 0 Å². The summed E-state index contributed by atoms with van der Waals surface area (Å²) in [5.41, 5.74) is 0.805. The van der Waals surface area contributed by atoms with Gasteiger partial charge < -0.3 is 10.1 Å². The molecule has 1 fully saturated rings. The number of rotatable bonds is 4. The van der Waals surface area contributed by atoms with E-state index in [2.05, 4.69) is 10.6 Å². The molecule has 0 aliphatic carbocycles. The van der Waals surface area contributed by atoms with E-state index in [1.54, 1.807) is 7.11 Å². The van der Waals surface area contributed by atoms with Gasteiger partial charge in [0.1, 0.15) is 6.04 Å². The highest BCUT2D eigenvalue weighted by molar-refractivity contribution is 7.14. The second-order valence-electron chi connectivity index (χ2n) is 4.62.